The van der Waals surface area contributed by atoms with Gasteiger partial charge < -0.3 is 0 Å². The van der Waals surface area contributed by atoms with Crippen LogP contribution in [-0.4, -0.2) is 9.97 Å². The van der Waals surface area contributed by atoms with Crippen LogP contribution in [0.5, 0.6) is 0 Å². The van der Waals surface area contributed by atoms with Crippen LogP contribution in [0, 0.1) is 0 Å². The van der Waals surface area contributed by atoms with E-state index < -0.39 is 0 Å². The van der Waals surface area contributed by atoms with E-state index in [1.54, 1.807) is 12.4 Å². The van der Waals surface area contributed by atoms with Gasteiger partial charge in [-0.1, -0.05) is 146 Å². The van der Waals surface area contributed by atoms with E-state index in [0.717, 1.165) is 22.2 Å². The minimum atomic E-state index is 0.902. The molecule has 0 aliphatic rings. The Labute approximate surface area is 290 Å². The molecule has 0 aliphatic heterocycles. The molecule has 0 saturated heterocycles. The highest BCUT2D eigenvalue weighted by Gasteiger charge is 2.18. The molecule has 10 aromatic rings. The number of benzene rings is 9. The monoisotopic (exact) mass is 634 g/mol. The third kappa shape index (κ3) is 4.65. The molecule has 0 amide bonds. The Morgan fingerprint density at radius 1 is 0.300 bits per heavy atom. The topological polar surface area (TPSA) is 25.8 Å². The number of fused-ring (bicyclic) bond motifs is 5. The zero-order valence-electron chi connectivity index (χ0n) is 27.2. The van der Waals surface area contributed by atoms with Gasteiger partial charge in [0.15, 0.2) is 0 Å². The fraction of sp³-hybridized carbons (Fsp3) is 0. The minimum absolute atomic E-state index is 0.902. The van der Waals surface area contributed by atoms with Crippen molar-refractivity contribution in [2.75, 3.05) is 0 Å². The third-order valence-electron chi connectivity index (χ3n) is 10.1. The van der Waals surface area contributed by atoms with Gasteiger partial charge in [0, 0.05) is 18.0 Å². The number of hydrogen-bond donors (Lipinski definition) is 0. The smallest absolute Gasteiger partial charge is 0.0965 e. The maximum Gasteiger partial charge on any atom is 0.0965 e. The summed E-state index contributed by atoms with van der Waals surface area (Å²) in [4.78, 5) is 9.16. The second-order valence-corrected chi connectivity index (χ2v) is 13.0. The van der Waals surface area contributed by atoms with E-state index in [4.69, 9.17) is 0 Å². The molecular weight excluding hydrogens is 605 g/mol. The van der Waals surface area contributed by atoms with Crippen molar-refractivity contribution >= 4 is 54.1 Å². The van der Waals surface area contributed by atoms with Crippen molar-refractivity contribution in [3.8, 4) is 44.5 Å². The summed E-state index contributed by atoms with van der Waals surface area (Å²) in [7, 11) is 0. The summed E-state index contributed by atoms with van der Waals surface area (Å²) in [6.07, 6.45) is 3.51. The molecule has 0 aliphatic carbocycles. The van der Waals surface area contributed by atoms with Gasteiger partial charge in [0.1, 0.15) is 0 Å². The van der Waals surface area contributed by atoms with Gasteiger partial charge >= 0.3 is 0 Å². The van der Waals surface area contributed by atoms with Gasteiger partial charge in [0.25, 0.3) is 0 Å². The van der Waals surface area contributed by atoms with Crippen LogP contribution in [0.4, 0.5) is 0 Å². The zero-order chi connectivity index (χ0) is 33.0. The predicted octanol–water partition coefficient (Wildman–Crippen LogP) is 12.9. The largest absolute Gasteiger partial charge is 0.253 e. The van der Waals surface area contributed by atoms with E-state index in [9.17, 15) is 0 Å². The van der Waals surface area contributed by atoms with Gasteiger partial charge in [-0.15, -0.1) is 0 Å². The van der Waals surface area contributed by atoms with E-state index in [1.165, 1.54) is 76.5 Å². The quantitative estimate of drug-likeness (QED) is 0.180. The number of nitrogens with zero attached hydrogens (tertiary/aromatic N) is 2. The lowest BCUT2D eigenvalue weighted by Gasteiger charge is -2.19. The van der Waals surface area contributed by atoms with Crippen LogP contribution in [-0.2, 0) is 0 Å². The van der Waals surface area contributed by atoms with E-state index in [2.05, 4.69) is 174 Å². The number of para-hydroxylation sites is 1. The van der Waals surface area contributed by atoms with Gasteiger partial charge in [-0.05, 0) is 106 Å². The molecule has 2 nitrogen and oxygen atoms in total. The molecule has 0 saturated carbocycles. The molecule has 0 spiro atoms. The molecule has 50 heavy (non-hydrogen) atoms. The maximum absolute atomic E-state index is 4.64. The van der Waals surface area contributed by atoms with Gasteiger partial charge in [0.2, 0.25) is 0 Å². The summed E-state index contributed by atoms with van der Waals surface area (Å²) in [5.74, 6) is 0. The SMILES string of the molecule is c1ccc2cc(-c3c4ccccc4c(-c4ccc5ccccc5c4)c4cc(-c5ccc(-c6cccc7nccnc67)cc5)ccc34)ccc2c1. The zero-order valence-corrected chi connectivity index (χ0v) is 27.2. The fourth-order valence-corrected chi connectivity index (χ4v) is 7.74. The number of aromatic nitrogens is 2. The third-order valence-corrected chi connectivity index (χ3v) is 10.1. The molecular formula is C48H30N2. The van der Waals surface area contributed by atoms with Crippen molar-refractivity contribution in [1.82, 2.24) is 9.97 Å². The Kier molecular flexibility index (Phi) is 6.53. The number of hydrogen-bond acceptors (Lipinski definition) is 2. The molecule has 1 heterocycles. The van der Waals surface area contributed by atoms with Crippen molar-refractivity contribution in [2.45, 2.75) is 0 Å². The molecule has 2 heteroatoms. The van der Waals surface area contributed by atoms with Crippen molar-refractivity contribution in [2.24, 2.45) is 0 Å². The van der Waals surface area contributed by atoms with Crippen LogP contribution in [0.2, 0.25) is 0 Å². The van der Waals surface area contributed by atoms with Crippen molar-refractivity contribution in [1.29, 1.82) is 0 Å². The fourth-order valence-electron chi connectivity index (χ4n) is 7.74. The average Bonchev–Trinajstić information content (AvgIpc) is 3.19. The van der Waals surface area contributed by atoms with Crippen LogP contribution < -0.4 is 0 Å². The van der Waals surface area contributed by atoms with Crippen molar-refractivity contribution in [3.63, 3.8) is 0 Å². The molecule has 0 unspecified atom stereocenters. The first-order chi connectivity index (χ1) is 24.8. The Morgan fingerprint density at radius 2 is 0.820 bits per heavy atom. The summed E-state index contributed by atoms with van der Waals surface area (Å²) in [6.45, 7) is 0. The standard InChI is InChI=1S/C48H30N2/c1-3-10-35-28-38(22-18-31(35)8-1)46-41-12-5-6-13-42(41)47(39-23-19-32-9-2-4-11-36(32)29-39)44-30-37(24-25-43(44)46)33-16-20-34(21-17-33)40-14-7-15-45-48(40)50-27-26-49-45/h1-30H. The highest BCUT2D eigenvalue weighted by molar-refractivity contribution is 6.22. The molecule has 10 rings (SSSR count). The average molecular weight is 635 g/mol. The summed E-state index contributed by atoms with van der Waals surface area (Å²) in [5.41, 5.74) is 11.4. The lowest BCUT2D eigenvalue weighted by molar-refractivity contribution is 1.29. The van der Waals surface area contributed by atoms with E-state index in [0.29, 0.717) is 0 Å². The lowest BCUT2D eigenvalue weighted by Crippen LogP contribution is -1.92. The molecule has 0 bridgehead atoms. The highest BCUT2D eigenvalue weighted by atomic mass is 14.8. The normalized spacial score (nSPS) is 11.6. The molecule has 232 valence electrons. The Morgan fingerprint density at radius 3 is 1.50 bits per heavy atom. The minimum Gasteiger partial charge on any atom is -0.253 e. The van der Waals surface area contributed by atoms with E-state index >= 15 is 0 Å². The van der Waals surface area contributed by atoms with Crippen molar-refractivity contribution in [3.05, 3.63) is 182 Å². The van der Waals surface area contributed by atoms with Crippen LogP contribution in [0.15, 0.2) is 182 Å². The lowest BCUT2D eigenvalue weighted by atomic mass is 9.84. The number of rotatable bonds is 4. The maximum atomic E-state index is 4.64. The predicted molar refractivity (Wildman–Crippen MR) is 211 cm³/mol. The van der Waals surface area contributed by atoms with Crippen LogP contribution in [0.25, 0.3) is 98.6 Å². The summed E-state index contributed by atoms with van der Waals surface area (Å²) in [5, 5.41) is 9.98. The molecule has 0 N–H and O–H groups in total. The molecule has 1 aromatic heterocycles. The van der Waals surface area contributed by atoms with Crippen molar-refractivity contribution < 1.29 is 0 Å². The van der Waals surface area contributed by atoms with Crippen LogP contribution in [0.3, 0.4) is 0 Å². The Balaban J connectivity index is 1.22. The summed E-state index contributed by atoms with van der Waals surface area (Å²) >= 11 is 0. The molecule has 0 radical (unpaired) electrons. The van der Waals surface area contributed by atoms with E-state index in [1.807, 2.05) is 6.07 Å². The van der Waals surface area contributed by atoms with Crippen LogP contribution >= 0.6 is 0 Å². The Bertz CT molecular complexity index is 2920. The molecule has 0 fully saturated rings. The molecule has 9 aromatic carbocycles. The summed E-state index contributed by atoms with van der Waals surface area (Å²) in [6, 6.07) is 62.0. The second-order valence-electron chi connectivity index (χ2n) is 13.0. The summed E-state index contributed by atoms with van der Waals surface area (Å²) < 4.78 is 0. The van der Waals surface area contributed by atoms with Crippen LogP contribution in [0.1, 0.15) is 0 Å². The van der Waals surface area contributed by atoms with Gasteiger partial charge in [-0.3, -0.25) is 9.97 Å². The first-order valence-electron chi connectivity index (χ1n) is 17.1. The van der Waals surface area contributed by atoms with E-state index in [-0.39, 0.29) is 0 Å². The first-order valence-corrected chi connectivity index (χ1v) is 17.1. The highest BCUT2D eigenvalue weighted by Crippen LogP contribution is 2.45. The Hall–Kier alpha value is -6.64. The molecule has 0 atom stereocenters. The van der Waals surface area contributed by atoms with Gasteiger partial charge in [-0.25, -0.2) is 0 Å². The second kappa shape index (κ2) is 11.5. The first kappa shape index (κ1) is 28.4. The van der Waals surface area contributed by atoms with Gasteiger partial charge in [0.05, 0.1) is 11.0 Å². The van der Waals surface area contributed by atoms with Gasteiger partial charge in [-0.2, -0.15) is 0 Å².